The summed E-state index contributed by atoms with van der Waals surface area (Å²) in [6.07, 6.45) is 0. The van der Waals surface area contributed by atoms with Gasteiger partial charge in [0.2, 0.25) is 0 Å². The summed E-state index contributed by atoms with van der Waals surface area (Å²) in [7, 11) is 0. The van der Waals surface area contributed by atoms with Crippen molar-refractivity contribution in [1.82, 2.24) is 0 Å². The minimum atomic E-state index is -0.722. The normalized spacial score (nSPS) is 11.3. The number of anilines is 2. The van der Waals surface area contributed by atoms with Crippen molar-refractivity contribution in [3.8, 4) is 92.2 Å². The minimum absolute atomic E-state index is 0.0857. The predicted octanol–water partition coefficient (Wildman–Crippen LogP) is 16.9. The van der Waals surface area contributed by atoms with E-state index in [1.807, 2.05) is 158 Å². The smallest absolute Gasteiger partial charge is 0.255 e. The van der Waals surface area contributed by atoms with Gasteiger partial charge in [-0.2, -0.15) is 0 Å². The molecular weight excluding hydrogens is 1090 g/mol. The number of carbonyl (C=O) groups excluding carboxylic acids is 2. The van der Waals surface area contributed by atoms with Crippen molar-refractivity contribution in [3.63, 3.8) is 0 Å². The number of aromatic hydroxyl groups is 2. The highest BCUT2D eigenvalue weighted by molar-refractivity contribution is 6.06. The lowest BCUT2D eigenvalue weighted by atomic mass is 9.67. The molecular formula is C83H52N2O4. The largest absolute Gasteiger partial charge is 0.507 e. The molecule has 2 amide bonds. The molecule has 0 heterocycles. The third-order valence-corrected chi connectivity index (χ3v) is 15.7. The maximum atomic E-state index is 13.8. The Kier molecular flexibility index (Phi) is 15.6. The van der Waals surface area contributed by atoms with Crippen LogP contribution in [-0.2, 0) is 5.41 Å². The molecule has 0 aromatic heterocycles. The van der Waals surface area contributed by atoms with Gasteiger partial charge in [0.25, 0.3) is 11.8 Å². The fourth-order valence-electron chi connectivity index (χ4n) is 11.4. The molecule has 418 valence electrons. The van der Waals surface area contributed by atoms with Gasteiger partial charge in [0, 0.05) is 55.9 Å². The molecule has 4 N–H and O–H groups in total. The van der Waals surface area contributed by atoms with E-state index in [4.69, 9.17) is 0 Å². The molecule has 6 heteroatoms. The molecule has 13 rings (SSSR count). The molecule has 0 atom stereocenters. The van der Waals surface area contributed by atoms with Crippen molar-refractivity contribution in [2.24, 2.45) is 0 Å². The van der Waals surface area contributed by atoms with E-state index >= 15 is 0 Å². The van der Waals surface area contributed by atoms with Crippen LogP contribution in [0.15, 0.2) is 291 Å². The monoisotopic (exact) mass is 1140 g/mol. The Morgan fingerprint density at radius 3 is 0.966 bits per heavy atom. The first-order chi connectivity index (χ1) is 43.7. The quantitative estimate of drug-likeness (QED) is 0.114. The Morgan fingerprint density at radius 1 is 0.292 bits per heavy atom. The van der Waals surface area contributed by atoms with Crippen molar-refractivity contribution in [2.75, 3.05) is 10.6 Å². The average Bonchev–Trinajstić information content (AvgIpc) is 1.59. The van der Waals surface area contributed by atoms with Crippen LogP contribution in [0.1, 0.15) is 87.5 Å². The van der Waals surface area contributed by atoms with Gasteiger partial charge < -0.3 is 20.8 Å². The zero-order valence-electron chi connectivity index (χ0n) is 47.9. The highest BCUT2D eigenvalue weighted by atomic mass is 16.3. The van der Waals surface area contributed by atoms with Crippen LogP contribution in [0.2, 0.25) is 0 Å². The van der Waals surface area contributed by atoms with Gasteiger partial charge in [0.1, 0.15) is 11.5 Å². The molecule has 0 bridgehead atoms. The van der Waals surface area contributed by atoms with Crippen molar-refractivity contribution in [3.05, 3.63) is 369 Å². The maximum absolute atomic E-state index is 13.8. The van der Waals surface area contributed by atoms with Crippen molar-refractivity contribution in [2.45, 2.75) is 5.41 Å². The van der Waals surface area contributed by atoms with Crippen LogP contribution >= 0.6 is 0 Å². The summed E-state index contributed by atoms with van der Waals surface area (Å²) >= 11 is 0. The maximum Gasteiger partial charge on any atom is 0.255 e. The first kappa shape index (κ1) is 55.6. The Labute approximate surface area is 517 Å². The number of amides is 2. The number of hydrogen-bond donors (Lipinski definition) is 4. The Hall–Kier alpha value is -12.6. The third-order valence-electron chi connectivity index (χ3n) is 15.7. The lowest BCUT2D eigenvalue weighted by molar-refractivity contribution is 0.101. The highest BCUT2D eigenvalue weighted by Gasteiger charge is 2.46. The Balaban J connectivity index is 0.831. The van der Waals surface area contributed by atoms with Crippen LogP contribution in [-0.4, -0.2) is 22.0 Å². The molecule has 0 saturated carbocycles. The van der Waals surface area contributed by atoms with Gasteiger partial charge in [-0.25, -0.2) is 0 Å². The van der Waals surface area contributed by atoms with Gasteiger partial charge in [-0.15, -0.1) is 0 Å². The molecule has 0 radical (unpaired) electrons. The molecule has 0 aliphatic heterocycles. The standard InChI is InChI=1S/C83H52N2O4/c86-79-55-67(39-37-63(79)33-29-57-17-5-1-6-18-57)81(88)84-71-49-51-73(65(53-71)35-31-59-21-9-3-10-22-59)61-41-45-69(46-42-61)83(77-27-15-13-25-75(77)76-26-14-16-28-78(76)83)70-47-43-62(44-48-70)74-52-50-72(54-66(74)36-32-60-23-11-4-12-24-60)85-82(89)68-40-38-64(80(87)56-68)34-30-58-19-7-2-8-20-58/h1-28,37-56,86-87H,(H,84,88)(H,85,89). The van der Waals surface area contributed by atoms with Gasteiger partial charge in [0.15, 0.2) is 0 Å². The topological polar surface area (TPSA) is 98.7 Å². The number of hydrogen-bond acceptors (Lipinski definition) is 4. The summed E-state index contributed by atoms with van der Waals surface area (Å²) in [6, 6.07) is 94.4. The molecule has 0 unspecified atom stereocenters. The van der Waals surface area contributed by atoms with Crippen molar-refractivity contribution in [1.29, 1.82) is 0 Å². The predicted molar refractivity (Wildman–Crippen MR) is 356 cm³/mol. The van der Waals surface area contributed by atoms with E-state index in [0.29, 0.717) is 22.5 Å². The summed E-state index contributed by atoms with van der Waals surface area (Å²) in [4.78, 5) is 27.6. The van der Waals surface area contributed by atoms with E-state index in [0.717, 1.165) is 89.0 Å². The SMILES string of the molecule is O=C(Nc1ccc(-c2ccc(C3(c4ccc(-c5ccc(NC(=O)c6ccc(C#Cc7ccccc7)c(O)c6)cc5C#Cc5ccccc5)cc4)c4ccccc4-c4ccccc43)cc2)c(C#Cc2ccccc2)c1)c1ccc(C#Cc2ccccc2)c(O)c1. The number of nitrogens with one attached hydrogen (secondary N) is 2. The second-order valence-corrected chi connectivity index (χ2v) is 21.4. The Morgan fingerprint density at radius 2 is 0.618 bits per heavy atom. The van der Waals surface area contributed by atoms with E-state index in [2.05, 4.69) is 155 Å². The lowest BCUT2D eigenvalue weighted by Gasteiger charge is -2.34. The van der Waals surface area contributed by atoms with Crippen LogP contribution in [0.4, 0.5) is 11.4 Å². The fraction of sp³-hybridized carbons (Fsp3) is 0.0120. The van der Waals surface area contributed by atoms with E-state index in [1.54, 1.807) is 24.3 Å². The average molecular weight is 1140 g/mol. The fourth-order valence-corrected chi connectivity index (χ4v) is 11.4. The molecule has 12 aromatic carbocycles. The number of benzene rings is 12. The van der Waals surface area contributed by atoms with Crippen LogP contribution in [0, 0.1) is 47.4 Å². The van der Waals surface area contributed by atoms with Crippen LogP contribution in [0.5, 0.6) is 11.5 Å². The second kappa shape index (κ2) is 24.9. The van der Waals surface area contributed by atoms with Gasteiger partial charge in [-0.05, 0) is 165 Å². The first-order valence-electron chi connectivity index (χ1n) is 29.0. The minimum Gasteiger partial charge on any atom is -0.507 e. The summed E-state index contributed by atoms with van der Waals surface area (Å²) < 4.78 is 0. The van der Waals surface area contributed by atoms with Crippen LogP contribution in [0.25, 0.3) is 33.4 Å². The molecule has 1 aliphatic rings. The second-order valence-electron chi connectivity index (χ2n) is 21.4. The summed E-state index contributed by atoms with van der Waals surface area (Å²) in [5.41, 5.74) is 17.0. The number of phenols is 2. The third kappa shape index (κ3) is 11.8. The van der Waals surface area contributed by atoms with E-state index in [9.17, 15) is 19.8 Å². The molecule has 89 heavy (non-hydrogen) atoms. The van der Waals surface area contributed by atoms with E-state index < -0.39 is 5.41 Å². The highest BCUT2D eigenvalue weighted by Crippen LogP contribution is 2.56. The summed E-state index contributed by atoms with van der Waals surface area (Å²) in [5.74, 6) is 24.7. The zero-order valence-corrected chi connectivity index (χ0v) is 47.9. The number of rotatable bonds is 8. The van der Waals surface area contributed by atoms with Crippen LogP contribution < -0.4 is 10.6 Å². The van der Waals surface area contributed by atoms with E-state index in [1.165, 1.54) is 12.1 Å². The summed E-state index contributed by atoms with van der Waals surface area (Å²) in [6.45, 7) is 0. The van der Waals surface area contributed by atoms with Gasteiger partial charge >= 0.3 is 0 Å². The number of carbonyl (C=O) groups is 2. The lowest BCUT2D eigenvalue weighted by Crippen LogP contribution is -2.28. The molecule has 0 fully saturated rings. The first-order valence-corrected chi connectivity index (χ1v) is 29.0. The Bertz CT molecular complexity index is 4640. The summed E-state index contributed by atoms with van der Waals surface area (Å²) in [5, 5.41) is 27.9. The van der Waals surface area contributed by atoms with Gasteiger partial charge in [-0.3, -0.25) is 9.59 Å². The van der Waals surface area contributed by atoms with Crippen molar-refractivity contribution >= 4 is 23.2 Å². The van der Waals surface area contributed by atoms with Gasteiger partial charge in [-0.1, -0.05) is 229 Å². The van der Waals surface area contributed by atoms with Crippen molar-refractivity contribution < 1.29 is 19.8 Å². The van der Waals surface area contributed by atoms with Crippen LogP contribution in [0.3, 0.4) is 0 Å². The van der Waals surface area contributed by atoms with Gasteiger partial charge in [0.05, 0.1) is 16.5 Å². The molecule has 1 aliphatic carbocycles. The van der Waals surface area contributed by atoms with E-state index in [-0.39, 0.29) is 34.4 Å². The molecule has 0 saturated heterocycles. The molecule has 0 spiro atoms. The molecule has 12 aromatic rings. The zero-order chi connectivity index (χ0) is 60.5. The number of phenolic OH excluding ortho intramolecular Hbond substituents is 2. The molecule has 6 nitrogen and oxygen atoms in total. The number of fused-ring (bicyclic) bond motifs is 3.